The fourth-order valence-electron chi connectivity index (χ4n) is 3.00. The van der Waals surface area contributed by atoms with Gasteiger partial charge in [0.1, 0.15) is 5.54 Å². The van der Waals surface area contributed by atoms with E-state index in [0.29, 0.717) is 12.1 Å². The van der Waals surface area contributed by atoms with Crippen molar-refractivity contribution in [2.45, 2.75) is 76.3 Å². The van der Waals surface area contributed by atoms with Gasteiger partial charge in [-0.15, -0.1) is 12.2 Å². The molecule has 0 aromatic rings. The van der Waals surface area contributed by atoms with Crippen molar-refractivity contribution in [1.29, 1.82) is 0 Å². The van der Waals surface area contributed by atoms with Crippen molar-refractivity contribution in [3.63, 3.8) is 0 Å². The molecular weight excluding hydrogens is 267 g/mol. The Balaban J connectivity index is 1.78. The van der Waals surface area contributed by atoms with Gasteiger partial charge in [0.15, 0.2) is 0 Å². The minimum atomic E-state index is -1.80. The van der Waals surface area contributed by atoms with Crippen molar-refractivity contribution in [1.82, 2.24) is 10.2 Å². The summed E-state index contributed by atoms with van der Waals surface area (Å²) in [6, 6.07) is 1.23. The molecule has 2 N–H and O–H groups in total. The highest BCUT2D eigenvalue weighted by Crippen LogP contribution is 2.45. The Morgan fingerprint density at radius 1 is 0.765 bits per heavy atom. The molecule has 0 saturated heterocycles. The average Bonchev–Trinajstić information content (AvgIpc) is 2.30. The Morgan fingerprint density at radius 3 is 1.47 bits per heavy atom. The monoisotopic (exact) mass is 292 g/mol. The molecule has 100 valence electrons. The maximum absolute atomic E-state index is 5.66. The van der Waals surface area contributed by atoms with Gasteiger partial charge in [-0.05, 0) is 25.7 Å². The number of thiol groups is 1. The Morgan fingerprint density at radius 2 is 1.12 bits per heavy atom. The van der Waals surface area contributed by atoms with Gasteiger partial charge in [0.2, 0.25) is 0 Å². The normalized spacial score (nSPS) is 25.0. The molecule has 0 atom stereocenters. The van der Waals surface area contributed by atoms with Crippen LogP contribution in [0, 0.1) is 0 Å². The SMILES string of the molecule is S=P(S)(NC1CCCCC1)NC1CCCCC1. The van der Waals surface area contributed by atoms with Crippen LogP contribution in [0.5, 0.6) is 0 Å². The van der Waals surface area contributed by atoms with Crippen LogP contribution in [-0.4, -0.2) is 12.1 Å². The molecule has 0 bridgehead atoms. The molecule has 0 aromatic carbocycles. The second-order valence-electron chi connectivity index (χ2n) is 5.50. The van der Waals surface area contributed by atoms with E-state index in [4.69, 9.17) is 24.1 Å². The lowest BCUT2D eigenvalue weighted by Gasteiger charge is -2.33. The van der Waals surface area contributed by atoms with Crippen molar-refractivity contribution in [3.8, 4) is 0 Å². The average molecular weight is 292 g/mol. The minimum absolute atomic E-state index is 0.614. The summed E-state index contributed by atoms with van der Waals surface area (Å²) < 4.78 is 0. The summed E-state index contributed by atoms with van der Waals surface area (Å²) >= 11 is 10.4. The number of nitrogens with one attached hydrogen (secondary N) is 2. The van der Waals surface area contributed by atoms with Crippen LogP contribution in [0.25, 0.3) is 0 Å². The van der Waals surface area contributed by atoms with Crippen molar-refractivity contribution in [2.24, 2.45) is 0 Å². The van der Waals surface area contributed by atoms with Crippen molar-refractivity contribution in [3.05, 3.63) is 0 Å². The fraction of sp³-hybridized carbons (Fsp3) is 1.00. The van der Waals surface area contributed by atoms with Crippen molar-refractivity contribution in [2.75, 3.05) is 0 Å². The Hall–Kier alpha value is 0.920. The highest BCUT2D eigenvalue weighted by molar-refractivity contribution is 8.62. The van der Waals surface area contributed by atoms with Crippen LogP contribution in [0.1, 0.15) is 64.2 Å². The molecule has 2 aliphatic carbocycles. The molecule has 0 spiro atoms. The van der Waals surface area contributed by atoms with Crippen LogP contribution in [0.15, 0.2) is 0 Å². The quantitative estimate of drug-likeness (QED) is 0.539. The Labute approximate surface area is 116 Å². The van der Waals surface area contributed by atoms with Gasteiger partial charge in [0.05, 0.1) is 0 Å². The molecule has 0 amide bonds. The van der Waals surface area contributed by atoms with Crippen LogP contribution in [0.3, 0.4) is 0 Å². The van der Waals surface area contributed by atoms with Gasteiger partial charge in [-0.25, -0.2) is 0 Å². The van der Waals surface area contributed by atoms with Gasteiger partial charge in [0.25, 0.3) is 0 Å². The summed E-state index contributed by atoms with van der Waals surface area (Å²) in [5.74, 6) is 0. The van der Waals surface area contributed by atoms with Gasteiger partial charge in [-0.2, -0.15) is 0 Å². The molecule has 0 radical (unpaired) electrons. The summed E-state index contributed by atoms with van der Waals surface area (Å²) in [7, 11) is 0. The van der Waals surface area contributed by atoms with E-state index < -0.39 is 5.54 Å². The van der Waals surface area contributed by atoms with Crippen LogP contribution >= 0.6 is 17.8 Å². The van der Waals surface area contributed by atoms with Gasteiger partial charge in [0, 0.05) is 12.1 Å². The highest BCUT2D eigenvalue weighted by Gasteiger charge is 2.23. The summed E-state index contributed by atoms with van der Waals surface area (Å²) in [5, 5.41) is 7.24. The van der Waals surface area contributed by atoms with Gasteiger partial charge >= 0.3 is 0 Å². The highest BCUT2D eigenvalue weighted by atomic mass is 32.9. The fourth-order valence-corrected chi connectivity index (χ4v) is 6.45. The van der Waals surface area contributed by atoms with Crippen molar-refractivity contribution >= 4 is 29.6 Å². The van der Waals surface area contributed by atoms with E-state index in [0.717, 1.165) is 0 Å². The largest absolute Gasteiger partial charge is 0.266 e. The van der Waals surface area contributed by atoms with E-state index in [-0.39, 0.29) is 0 Å². The standard InChI is InChI=1S/C12H25N2PS2/c16-15(17,13-11-7-3-1-4-8-11)14-12-9-5-2-6-10-12/h11-12H,1-10H2,(H3,13,14,16,17). The maximum Gasteiger partial charge on any atom is 0.124 e. The number of rotatable bonds is 4. The molecular formula is C12H25N2PS2. The third kappa shape index (κ3) is 5.20. The Bertz CT molecular complexity index is 250. The van der Waals surface area contributed by atoms with Gasteiger partial charge in [-0.1, -0.05) is 50.3 Å². The summed E-state index contributed by atoms with van der Waals surface area (Å²) in [4.78, 5) is 0. The summed E-state index contributed by atoms with van der Waals surface area (Å²) in [6.07, 6.45) is 13.3. The third-order valence-electron chi connectivity index (χ3n) is 3.93. The molecule has 2 aliphatic rings. The summed E-state index contributed by atoms with van der Waals surface area (Å²) in [6.45, 7) is 0. The smallest absolute Gasteiger partial charge is 0.124 e. The first-order valence-corrected chi connectivity index (χ1v) is 11.0. The summed E-state index contributed by atoms with van der Waals surface area (Å²) in [5.41, 5.74) is -1.80. The molecule has 2 saturated carbocycles. The molecule has 17 heavy (non-hydrogen) atoms. The molecule has 2 rings (SSSR count). The molecule has 0 unspecified atom stereocenters. The third-order valence-corrected chi connectivity index (χ3v) is 6.68. The number of hydrogen-bond acceptors (Lipinski definition) is 1. The zero-order valence-corrected chi connectivity index (χ0v) is 13.1. The topological polar surface area (TPSA) is 24.1 Å². The second-order valence-corrected chi connectivity index (χ2v) is 11.4. The van der Waals surface area contributed by atoms with Crippen LogP contribution < -0.4 is 10.2 Å². The van der Waals surface area contributed by atoms with Crippen LogP contribution in [0.2, 0.25) is 0 Å². The molecule has 2 fully saturated rings. The lowest BCUT2D eigenvalue weighted by molar-refractivity contribution is 0.407. The van der Waals surface area contributed by atoms with Gasteiger partial charge in [-0.3, -0.25) is 10.2 Å². The second kappa shape index (κ2) is 6.91. The maximum atomic E-state index is 5.66. The van der Waals surface area contributed by atoms with Crippen LogP contribution in [-0.2, 0) is 11.8 Å². The van der Waals surface area contributed by atoms with E-state index in [1.807, 2.05) is 0 Å². The van der Waals surface area contributed by atoms with E-state index in [1.54, 1.807) is 0 Å². The molecule has 0 aromatic heterocycles. The minimum Gasteiger partial charge on any atom is -0.266 e. The van der Waals surface area contributed by atoms with Crippen molar-refractivity contribution < 1.29 is 0 Å². The zero-order chi connectivity index (χ0) is 12.1. The number of hydrogen-bond donors (Lipinski definition) is 3. The molecule has 5 heteroatoms. The first kappa shape index (κ1) is 14.3. The van der Waals surface area contributed by atoms with E-state index in [2.05, 4.69) is 10.2 Å². The first-order chi connectivity index (χ1) is 8.16. The Kier molecular flexibility index (Phi) is 5.82. The van der Waals surface area contributed by atoms with E-state index >= 15 is 0 Å². The van der Waals surface area contributed by atoms with E-state index in [9.17, 15) is 0 Å². The first-order valence-electron chi connectivity index (χ1n) is 7.04. The predicted octanol–water partition coefficient (Wildman–Crippen LogP) is 3.99. The van der Waals surface area contributed by atoms with Crippen LogP contribution in [0.4, 0.5) is 0 Å². The lowest BCUT2D eigenvalue weighted by Crippen LogP contribution is -2.36. The molecule has 2 nitrogen and oxygen atoms in total. The zero-order valence-electron chi connectivity index (χ0n) is 10.5. The molecule has 0 aliphatic heterocycles. The molecule has 0 heterocycles. The van der Waals surface area contributed by atoms with Gasteiger partial charge < -0.3 is 0 Å². The predicted molar refractivity (Wildman–Crippen MR) is 83.3 cm³/mol. The lowest BCUT2D eigenvalue weighted by atomic mass is 9.96. The van der Waals surface area contributed by atoms with E-state index in [1.165, 1.54) is 64.2 Å².